The Morgan fingerprint density at radius 2 is 1.93 bits per heavy atom. The minimum atomic E-state index is -0.382. The number of aliphatic hydroxyl groups is 1. The molecule has 4 rings (SSSR count). The van der Waals surface area contributed by atoms with Crippen molar-refractivity contribution in [2.75, 3.05) is 37.6 Å². The minimum Gasteiger partial charge on any atom is -0.391 e. The molecule has 2 heterocycles. The number of piperazine rings is 1. The van der Waals surface area contributed by atoms with Crippen molar-refractivity contribution >= 4 is 40.7 Å². The lowest BCUT2D eigenvalue weighted by molar-refractivity contribution is -0.138. The first-order valence-corrected chi connectivity index (χ1v) is 11.5. The van der Waals surface area contributed by atoms with E-state index in [1.54, 1.807) is 17.0 Å². The number of hydrogen-bond acceptors (Lipinski definition) is 4. The van der Waals surface area contributed by atoms with E-state index in [4.69, 9.17) is 23.2 Å². The third-order valence-corrected chi connectivity index (χ3v) is 7.76. The minimum absolute atomic E-state index is 0.0591. The first kappa shape index (κ1) is 21.7. The molecule has 1 spiro atoms. The van der Waals surface area contributed by atoms with Crippen molar-refractivity contribution in [3.63, 3.8) is 0 Å². The van der Waals surface area contributed by atoms with Gasteiger partial charge in [0.25, 0.3) is 0 Å². The normalized spacial score (nSPS) is 25.7. The third-order valence-electron chi connectivity index (χ3n) is 7.03. The molecule has 3 fully saturated rings. The number of carbonyl (C=O) groups excluding carboxylic acids is 2. The van der Waals surface area contributed by atoms with Gasteiger partial charge in [-0.25, -0.2) is 0 Å². The lowest BCUT2D eigenvalue weighted by atomic mass is 9.90. The van der Waals surface area contributed by atoms with Gasteiger partial charge in [-0.2, -0.15) is 0 Å². The molecule has 2 aliphatic heterocycles. The zero-order valence-corrected chi connectivity index (χ0v) is 18.8. The summed E-state index contributed by atoms with van der Waals surface area (Å²) in [5, 5.41) is 11.3. The van der Waals surface area contributed by atoms with Crippen LogP contribution in [0.4, 0.5) is 5.69 Å². The van der Waals surface area contributed by atoms with Gasteiger partial charge in [0.05, 0.1) is 16.1 Å². The number of β-amino-alcohol motifs (C(OH)–C–C–N with tert-alkyl or cyclic N) is 1. The van der Waals surface area contributed by atoms with Crippen LogP contribution in [0.2, 0.25) is 10.0 Å². The number of carbonyl (C=O) groups is 2. The number of aliphatic hydroxyl groups excluding tert-OH is 1. The number of likely N-dealkylation sites (tertiary alicyclic amines) is 1. The van der Waals surface area contributed by atoms with Crippen molar-refractivity contribution < 1.29 is 14.7 Å². The zero-order chi connectivity index (χ0) is 21.5. The van der Waals surface area contributed by atoms with Crippen molar-refractivity contribution in [1.29, 1.82) is 0 Å². The maximum atomic E-state index is 12.9. The summed E-state index contributed by atoms with van der Waals surface area (Å²) in [6.45, 7) is 4.99. The van der Waals surface area contributed by atoms with Gasteiger partial charge >= 0.3 is 0 Å². The zero-order valence-electron chi connectivity index (χ0n) is 17.3. The number of benzene rings is 1. The lowest BCUT2D eigenvalue weighted by Gasteiger charge is -2.40. The van der Waals surface area contributed by atoms with Crippen LogP contribution >= 0.6 is 23.2 Å². The summed E-state index contributed by atoms with van der Waals surface area (Å²) in [5.41, 5.74) is 0.991. The molecule has 8 heteroatoms. The quantitative estimate of drug-likeness (QED) is 0.743. The molecule has 1 aliphatic carbocycles. The summed E-state index contributed by atoms with van der Waals surface area (Å²) in [6.07, 6.45) is 3.75. The number of anilines is 1. The first-order chi connectivity index (χ1) is 14.3. The monoisotopic (exact) mass is 453 g/mol. The van der Waals surface area contributed by atoms with Gasteiger partial charge in [0.1, 0.15) is 6.04 Å². The molecule has 2 atom stereocenters. The summed E-state index contributed by atoms with van der Waals surface area (Å²) in [7, 11) is 0. The average molecular weight is 454 g/mol. The molecule has 0 radical (unpaired) electrons. The van der Waals surface area contributed by atoms with Crippen molar-refractivity contribution in [1.82, 2.24) is 9.80 Å². The highest BCUT2D eigenvalue weighted by atomic mass is 35.5. The van der Waals surface area contributed by atoms with Gasteiger partial charge in [0.15, 0.2) is 0 Å². The molecule has 3 aliphatic rings. The molecular weight excluding hydrogens is 425 g/mol. The van der Waals surface area contributed by atoms with Gasteiger partial charge in [-0.3, -0.25) is 9.59 Å². The molecule has 2 saturated heterocycles. The summed E-state index contributed by atoms with van der Waals surface area (Å²) in [5.74, 6) is 0.142. The SMILES string of the molecule is C[C@H]1C(=O)N(CCCC(=O)N2CCC3(CC3)[C@H](O)C2)CCN1c1ccc(Cl)c(Cl)c1. The highest BCUT2D eigenvalue weighted by Gasteiger charge is 2.51. The number of piperidine rings is 1. The van der Waals surface area contributed by atoms with E-state index in [9.17, 15) is 14.7 Å². The summed E-state index contributed by atoms with van der Waals surface area (Å²) < 4.78 is 0. The van der Waals surface area contributed by atoms with Crippen LogP contribution in [0.5, 0.6) is 0 Å². The van der Waals surface area contributed by atoms with Crippen LogP contribution in [-0.4, -0.2) is 71.6 Å². The Kier molecular flexibility index (Phi) is 6.20. The van der Waals surface area contributed by atoms with Gasteiger partial charge in [0.2, 0.25) is 11.8 Å². The van der Waals surface area contributed by atoms with Crippen LogP contribution in [0.25, 0.3) is 0 Å². The standard InChI is InChI=1S/C22H29Cl2N3O3/c1-15-21(30)25(11-12-27(15)16-4-5-17(23)18(24)13-16)9-2-3-20(29)26-10-8-22(6-7-22)19(28)14-26/h4-5,13,15,19,28H,2-3,6-12,14H2,1H3/t15-,19+/m0/s1. The predicted molar refractivity (Wildman–Crippen MR) is 118 cm³/mol. The van der Waals surface area contributed by atoms with E-state index < -0.39 is 0 Å². The fourth-order valence-corrected chi connectivity index (χ4v) is 5.03. The Morgan fingerprint density at radius 3 is 2.60 bits per heavy atom. The second-order valence-corrected chi connectivity index (χ2v) is 9.68. The highest BCUT2D eigenvalue weighted by molar-refractivity contribution is 6.42. The first-order valence-electron chi connectivity index (χ1n) is 10.8. The van der Waals surface area contributed by atoms with E-state index >= 15 is 0 Å². The number of amides is 2. The number of hydrogen-bond donors (Lipinski definition) is 1. The summed E-state index contributed by atoms with van der Waals surface area (Å²) in [6, 6.07) is 5.13. The van der Waals surface area contributed by atoms with Gasteiger partial charge < -0.3 is 19.8 Å². The van der Waals surface area contributed by atoms with Crippen LogP contribution < -0.4 is 4.90 Å². The lowest BCUT2D eigenvalue weighted by Crippen LogP contribution is -2.56. The Morgan fingerprint density at radius 1 is 1.17 bits per heavy atom. The number of nitrogens with zero attached hydrogens (tertiary/aromatic N) is 3. The van der Waals surface area contributed by atoms with Crippen LogP contribution in [0, 0.1) is 5.41 Å². The Labute approximate surface area is 187 Å². The molecule has 0 aromatic heterocycles. The Hall–Kier alpha value is -1.50. The molecule has 6 nitrogen and oxygen atoms in total. The van der Waals surface area contributed by atoms with E-state index in [1.807, 2.05) is 22.8 Å². The van der Waals surface area contributed by atoms with E-state index in [2.05, 4.69) is 0 Å². The fourth-order valence-electron chi connectivity index (χ4n) is 4.74. The second-order valence-electron chi connectivity index (χ2n) is 8.86. The number of halogens is 2. The molecular formula is C22H29Cl2N3O3. The Balaban J connectivity index is 1.25. The third kappa shape index (κ3) is 4.27. The maximum absolute atomic E-state index is 12.9. The maximum Gasteiger partial charge on any atom is 0.245 e. The second kappa shape index (κ2) is 8.56. The van der Waals surface area contributed by atoms with Crippen LogP contribution in [0.3, 0.4) is 0 Å². The van der Waals surface area contributed by atoms with Crippen molar-refractivity contribution in [2.24, 2.45) is 5.41 Å². The smallest absolute Gasteiger partial charge is 0.245 e. The summed E-state index contributed by atoms with van der Waals surface area (Å²) >= 11 is 12.1. The molecule has 1 N–H and O–H groups in total. The molecule has 1 aromatic rings. The van der Waals surface area contributed by atoms with Gasteiger partial charge in [-0.15, -0.1) is 0 Å². The molecule has 1 saturated carbocycles. The van der Waals surface area contributed by atoms with Crippen molar-refractivity contribution in [3.8, 4) is 0 Å². The van der Waals surface area contributed by atoms with E-state index in [0.717, 1.165) is 31.5 Å². The van der Waals surface area contributed by atoms with E-state index in [1.165, 1.54) is 0 Å². The van der Waals surface area contributed by atoms with Gasteiger partial charge in [0, 0.05) is 44.8 Å². The van der Waals surface area contributed by atoms with Gasteiger partial charge in [-0.05, 0) is 56.2 Å². The largest absolute Gasteiger partial charge is 0.391 e. The van der Waals surface area contributed by atoms with Gasteiger partial charge in [-0.1, -0.05) is 23.2 Å². The molecule has 164 valence electrons. The Bertz CT molecular complexity index is 830. The number of rotatable bonds is 5. The van der Waals surface area contributed by atoms with Crippen LogP contribution in [0.1, 0.15) is 39.0 Å². The molecule has 1 aromatic carbocycles. The molecule has 0 unspecified atom stereocenters. The molecule has 30 heavy (non-hydrogen) atoms. The van der Waals surface area contributed by atoms with Crippen LogP contribution in [0.15, 0.2) is 18.2 Å². The molecule has 2 amide bonds. The predicted octanol–water partition coefficient (Wildman–Crippen LogP) is 3.18. The van der Waals surface area contributed by atoms with Crippen molar-refractivity contribution in [2.45, 2.75) is 51.2 Å². The topological polar surface area (TPSA) is 64.1 Å². The van der Waals surface area contributed by atoms with E-state index in [0.29, 0.717) is 49.1 Å². The van der Waals surface area contributed by atoms with E-state index in [-0.39, 0.29) is 29.4 Å². The average Bonchev–Trinajstić information content (AvgIpc) is 3.50. The fraction of sp³-hybridized carbons (Fsp3) is 0.636. The van der Waals surface area contributed by atoms with Crippen molar-refractivity contribution in [3.05, 3.63) is 28.2 Å². The summed E-state index contributed by atoms with van der Waals surface area (Å²) in [4.78, 5) is 31.1. The highest BCUT2D eigenvalue weighted by Crippen LogP contribution is 2.53. The van der Waals surface area contributed by atoms with Crippen LogP contribution in [-0.2, 0) is 9.59 Å². The molecule has 0 bridgehead atoms.